The standard InChI is InChI=1S/C35H41N5O4/c1-33(2,3)19-28(30(42)40-21-35(18-24(40)20-36)25-11-7-8-12-26(25)38-32(35)44)37-29(41)27(17-22-13-14-22)39-31(43)34(15-16-34)23-9-5-4-6-10-23/h4-12,22,24,27-28H,13-19,21H2,1-3H3,(H,37,41)(H,38,44)(H,39,43)/t24-,27-,28-,35-/m0/s1. The lowest BCUT2D eigenvalue weighted by Gasteiger charge is -2.32. The van der Waals surface area contributed by atoms with Gasteiger partial charge in [-0.3, -0.25) is 19.2 Å². The second-order valence-electron chi connectivity index (χ2n) is 14.4. The summed E-state index contributed by atoms with van der Waals surface area (Å²) in [6.45, 7) is 6.04. The predicted octanol–water partition coefficient (Wildman–Crippen LogP) is 3.94. The molecule has 2 saturated carbocycles. The third-order valence-electron chi connectivity index (χ3n) is 9.75. The van der Waals surface area contributed by atoms with Gasteiger partial charge in [-0.1, -0.05) is 82.1 Å². The molecular weight excluding hydrogens is 554 g/mol. The number of anilines is 1. The second kappa shape index (κ2) is 11.1. The van der Waals surface area contributed by atoms with E-state index in [-0.39, 0.29) is 42.0 Å². The van der Waals surface area contributed by atoms with Gasteiger partial charge in [0, 0.05) is 18.7 Å². The fraction of sp³-hybridized carbons (Fsp3) is 0.514. The van der Waals surface area contributed by atoms with Crippen LogP contribution in [0.4, 0.5) is 5.69 Å². The highest BCUT2D eigenvalue weighted by atomic mass is 16.2. The van der Waals surface area contributed by atoms with Crippen LogP contribution in [-0.2, 0) is 30.0 Å². The molecule has 9 nitrogen and oxygen atoms in total. The fourth-order valence-corrected chi connectivity index (χ4v) is 7.01. The van der Waals surface area contributed by atoms with E-state index < -0.39 is 29.0 Å². The van der Waals surface area contributed by atoms with Crippen molar-refractivity contribution in [2.75, 3.05) is 11.9 Å². The highest BCUT2D eigenvalue weighted by Gasteiger charge is 2.57. The number of nitrogens with zero attached hydrogens (tertiary/aromatic N) is 2. The summed E-state index contributed by atoms with van der Waals surface area (Å²) >= 11 is 0. The Hall–Kier alpha value is -4.19. The summed E-state index contributed by atoms with van der Waals surface area (Å²) < 4.78 is 0. The molecule has 2 heterocycles. The molecule has 2 aromatic rings. The number of fused-ring (bicyclic) bond motifs is 2. The maximum atomic E-state index is 14.3. The van der Waals surface area contributed by atoms with Crippen molar-refractivity contribution in [1.82, 2.24) is 15.5 Å². The lowest BCUT2D eigenvalue weighted by Crippen LogP contribution is -2.57. The number of rotatable bonds is 9. The molecule has 230 valence electrons. The quantitative estimate of drug-likeness (QED) is 0.404. The Morgan fingerprint density at radius 3 is 2.34 bits per heavy atom. The third kappa shape index (κ3) is 5.58. The summed E-state index contributed by atoms with van der Waals surface area (Å²) in [7, 11) is 0. The first kappa shape index (κ1) is 29.9. The molecule has 44 heavy (non-hydrogen) atoms. The van der Waals surface area contributed by atoms with Gasteiger partial charge in [0.05, 0.1) is 16.9 Å². The van der Waals surface area contributed by atoms with Crippen LogP contribution in [0.15, 0.2) is 54.6 Å². The lowest BCUT2D eigenvalue weighted by atomic mass is 9.80. The highest BCUT2D eigenvalue weighted by molar-refractivity contribution is 6.07. The van der Waals surface area contributed by atoms with E-state index in [0.29, 0.717) is 24.4 Å². The molecular formula is C35H41N5O4. The Kier molecular flexibility index (Phi) is 7.51. The first-order valence-electron chi connectivity index (χ1n) is 15.7. The number of benzene rings is 2. The van der Waals surface area contributed by atoms with Gasteiger partial charge < -0.3 is 20.9 Å². The van der Waals surface area contributed by atoms with Gasteiger partial charge >= 0.3 is 0 Å². The van der Waals surface area contributed by atoms with E-state index in [0.717, 1.165) is 36.8 Å². The van der Waals surface area contributed by atoms with Crippen LogP contribution >= 0.6 is 0 Å². The van der Waals surface area contributed by atoms with Crippen molar-refractivity contribution < 1.29 is 19.2 Å². The number of carbonyl (C=O) groups excluding carboxylic acids is 4. The summed E-state index contributed by atoms with van der Waals surface area (Å²) in [5, 5.41) is 19.1. The Balaban J connectivity index is 1.23. The number of para-hydroxylation sites is 1. The summed E-state index contributed by atoms with van der Waals surface area (Å²) in [5.74, 6) is -0.779. The lowest BCUT2D eigenvalue weighted by molar-refractivity contribution is -0.138. The molecule has 0 aromatic heterocycles. The second-order valence-corrected chi connectivity index (χ2v) is 14.4. The Bertz CT molecular complexity index is 1520. The third-order valence-corrected chi connectivity index (χ3v) is 9.75. The normalized spacial score (nSPS) is 24.5. The number of likely N-dealkylation sites (tertiary alicyclic amines) is 1. The number of hydrogen-bond donors (Lipinski definition) is 3. The molecule has 4 atom stereocenters. The van der Waals surface area contributed by atoms with Gasteiger partial charge in [-0.15, -0.1) is 0 Å². The van der Waals surface area contributed by atoms with Crippen LogP contribution in [0.1, 0.15) is 76.8 Å². The summed E-state index contributed by atoms with van der Waals surface area (Å²) in [5.41, 5.74) is 0.479. The number of nitriles is 1. The van der Waals surface area contributed by atoms with Crippen LogP contribution in [0.25, 0.3) is 0 Å². The molecule has 2 aliphatic carbocycles. The average molecular weight is 596 g/mol. The molecule has 4 amide bonds. The van der Waals surface area contributed by atoms with Gasteiger partial charge in [0.25, 0.3) is 0 Å². The maximum Gasteiger partial charge on any atom is 0.246 e. The molecule has 9 heteroatoms. The molecule has 1 saturated heterocycles. The van der Waals surface area contributed by atoms with E-state index in [9.17, 15) is 24.4 Å². The molecule has 0 radical (unpaired) electrons. The average Bonchev–Trinajstić information content (AvgIpc) is 3.93. The van der Waals surface area contributed by atoms with Crippen molar-refractivity contribution in [1.29, 1.82) is 5.26 Å². The molecule has 6 rings (SSSR count). The van der Waals surface area contributed by atoms with E-state index in [4.69, 9.17) is 0 Å². The zero-order valence-corrected chi connectivity index (χ0v) is 25.7. The molecule has 2 aliphatic heterocycles. The molecule has 1 spiro atoms. The van der Waals surface area contributed by atoms with E-state index in [1.54, 1.807) is 0 Å². The minimum Gasteiger partial charge on any atom is -0.344 e. The van der Waals surface area contributed by atoms with Crippen molar-refractivity contribution in [2.45, 2.75) is 94.7 Å². The van der Waals surface area contributed by atoms with E-state index in [2.05, 4.69) is 22.0 Å². The first-order chi connectivity index (χ1) is 21.0. The smallest absolute Gasteiger partial charge is 0.246 e. The van der Waals surface area contributed by atoms with Crippen LogP contribution in [0.2, 0.25) is 0 Å². The molecule has 0 bridgehead atoms. The first-order valence-corrected chi connectivity index (χ1v) is 15.7. The van der Waals surface area contributed by atoms with Crippen LogP contribution in [0.5, 0.6) is 0 Å². The zero-order valence-electron chi connectivity index (χ0n) is 25.7. The van der Waals surface area contributed by atoms with Crippen LogP contribution < -0.4 is 16.0 Å². The van der Waals surface area contributed by atoms with Gasteiger partial charge in [-0.05, 0) is 54.2 Å². The number of amides is 4. The SMILES string of the molecule is CC(C)(C)C[C@H](NC(=O)[C@H](CC1CC1)NC(=O)C1(c2ccccc2)CC1)C(=O)N1C[C@]2(C[C@H]1C#N)C(=O)Nc1ccccc12. The van der Waals surface area contributed by atoms with E-state index >= 15 is 0 Å². The van der Waals surface area contributed by atoms with Crippen molar-refractivity contribution in [3.05, 3.63) is 65.7 Å². The van der Waals surface area contributed by atoms with Gasteiger partial charge in [-0.25, -0.2) is 0 Å². The summed E-state index contributed by atoms with van der Waals surface area (Å²) in [6, 6.07) is 16.8. The van der Waals surface area contributed by atoms with Crippen molar-refractivity contribution in [2.24, 2.45) is 11.3 Å². The highest BCUT2D eigenvalue weighted by Crippen LogP contribution is 2.49. The van der Waals surface area contributed by atoms with Gasteiger partial charge in [-0.2, -0.15) is 5.26 Å². The van der Waals surface area contributed by atoms with Crippen molar-refractivity contribution in [3.8, 4) is 6.07 Å². The molecule has 2 aromatic carbocycles. The fourth-order valence-electron chi connectivity index (χ4n) is 7.01. The molecule has 3 fully saturated rings. The number of carbonyl (C=O) groups is 4. The summed E-state index contributed by atoms with van der Waals surface area (Å²) in [6.07, 6.45) is 4.53. The van der Waals surface area contributed by atoms with Crippen LogP contribution in [0, 0.1) is 22.7 Å². The Morgan fingerprint density at radius 1 is 1.02 bits per heavy atom. The minimum absolute atomic E-state index is 0.0608. The molecule has 3 N–H and O–H groups in total. The topological polar surface area (TPSA) is 131 Å². The summed E-state index contributed by atoms with van der Waals surface area (Å²) in [4.78, 5) is 56.6. The Labute approximate surface area is 258 Å². The predicted molar refractivity (Wildman–Crippen MR) is 165 cm³/mol. The van der Waals surface area contributed by atoms with E-state index in [1.807, 2.05) is 75.4 Å². The largest absolute Gasteiger partial charge is 0.344 e. The van der Waals surface area contributed by atoms with Gasteiger partial charge in [0.15, 0.2) is 0 Å². The van der Waals surface area contributed by atoms with E-state index in [1.165, 1.54) is 4.90 Å². The monoisotopic (exact) mass is 595 g/mol. The van der Waals surface area contributed by atoms with Crippen LogP contribution in [-0.4, -0.2) is 53.2 Å². The van der Waals surface area contributed by atoms with Gasteiger partial charge in [0.2, 0.25) is 23.6 Å². The maximum absolute atomic E-state index is 14.3. The molecule has 0 unspecified atom stereocenters. The number of nitrogens with one attached hydrogen (secondary N) is 3. The Morgan fingerprint density at radius 2 is 1.70 bits per heavy atom. The minimum atomic E-state index is -1.01. The zero-order chi connectivity index (χ0) is 31.3. The number of hydrogen-bond acceptors (Lipinski definition) is 5. The van der Waals surface area contributed by atoms with Gasteiger partial charge in [0.1, 0.15) is 18.1 Å². The molecule has 4 aliphatic rings. The van der Waals surface area contributed by atoms with Crippen molar-refractivity contribution >= 4 is 29.3 Å². The van der Waals surface area contributed by atoms with Crippen LogP contribution in [0.3, 0.4) is 0 Å². The van der Waals surface area contributed by atoms with Crippen molar-refractivity contribution in [3.63, 3.8) is 0 Å².